The third-order valence-corrected chi connectivity index (χ3v) is 3.72. The van der Waals surface area contributed by atoms with Gasteiger partial charge in [0.05, 0.1) is 13.2 Å². The molecule has 14 heavy (non-hydrogen) atoms. The molecule has 1 aromatic heterocycles. The lowest BCUT2D eigenvalue weighted by Crippen LogP contribution is -2.38. The summed E-state index contributed by atoms with van der Waals surface area (Å²) in [6, 6.07) is 5.00. The average Bonchev–Trinajstić information content (AvgIpc) is 2.74. The van der Waals surface area contributed by atoms with Crippen molar-refractivity contribution in [2.75, 3.05) is 26.3 Å². The van der Waals surface area contributed by atoms with Gasteiger partial charge in [-0.25, -0.2) is 0 Å². The standard InChI is InChI=1S/C11H17NOS/c1-2-10(11-4-3-9-14-11)12-5-7-13-8-6-12/h3-4,9-10H,2,5-8H2,1H3/t10-/m1/s1. The highest BCUT2D eigenvalue weighted by atomic mass is 32.1. The summed E-state index contributed by atoms with van der Waals surface area (Å²) in [4.78, 5) is 4.03. The van der Waals surface area contributed by atoms with Gasteiger partial charge in [-0.2, -0.15) is 0 Å². The highest BCUT2D eigenvalue weighted by Crippen LogP contribution is 2.28. The first kappa shape index (κ1) is 10.1. The van der Waals surface area contributed by atoms with E-state index in [1.807, 2.05) is 11.3 Å². The van der Waals surface area contributed by atoms with Gasteiger partial charge in [-0.3, -0.25) is 4.90 Å². The first-order valence-corrected chi connectivity index (χ1v) is 6.15. The molecule has 1 aliphatic heterocycles. The van der Waals surface area contributed by atoms with Crippen LogP contribution >= 0.6 is 11.3 Å². The Morgan fingerprint density at radius 3 is 2.86 bits per heavy atom. The Labute approximate surface area is 89.5 Å². The second-order valence-corrected chi connectivity index (χ2v) is 4.57. The van der Waals surface area contributed by atoms with Gasteiger partial charge in [-0.15, -0.1) is 11.3 Å². The molecular weight excluding hydrogens is 194 g/mol. The average molecular weight is 211 g/mol. The van der Waals surface area contributed by atoms with Crippen LogP contribution in [0.25, 0.3) is 0 Å². The van der Waals surface area contributed by atoms with Crippen molar-refractivity contribution in [2.45, 2.75) is 19.4 Å². The lowest BCUT2D eigenvalue weighted by atomic mass is 10.1. The molecule has 78 valence electrons. The first-order chi connectivity index (χ1) is 6.92. The van der Waals surface area contributed by atoms with Crippen LogP contribution in [-0.2, 0) is 4.74 Å². The van der Waals surface area contributed by atoms with Crippen molar-refractivity contribution in [3.63, 3.8) is 0 Å². The molecule has 3 heteroatoms. The number of nitrogens with zero attached hydrogens (tertiary/aromatic N) is 1. The summed E-state index contributed by atoms with van der Waals surface area (Å²) in [6.07, 6.45) is 1.19. The topological polar surface area (TPSA) is 12.5 Å². The SMILES string of the molecule is CC[C@H](c1cccs1)N1CCOCC1. The van der Waals surface area contributed by atoms with E-state index in [0.29, 0.717) is 6.04 Å². The fourth-order valence-electron chi connectivity index (χ4n) is 2.01. The highest BCUT2D eigenvalue weighted by Gasteiger charge is 2.21. The molecule has 0 radical (unpaired) electrons. The summed E-state index contributed by atoms with van der Waals surface area (Å²) >= 11 is 1.87. The van der Waals surface area contributed by atoms with Gasteiger partial charge in [-0.05, 0) is 17.9 Å². The maximum atomic E-state index is 5.37. The van der Waals surface area contributed by atoms with E-state index in [9.17, 15) is 0 Å². The number of thiophene rings is 1. The largest absolute Gasteiger partial charge is 0.379 e. The van der Waals surface area contributed by atoms with Crippen molar-refractivity contribution in [1.82, 2.24) is 4.90 Å². The first-order valence-electron chi connectivity index (χ1n) is 5.27. The van der Waals surface area contributed by atoms with E-state index in [1.54, 1.807) is 0 Å². The van der Waals surface area contributed by atoms with Crippen molar-refractivity contribution in [3.05, 3.63) is 22.4 Å². The molecule has 2 nitrogen and oxygen atoms in total. The molecule has 2 heterocycles. The lowest BCUT2D eigenvalue weighted by molar-refractivity contribution is 0.0160. The van der Waals surface area contributed by atoms with Gasteiger partial charge < -0.3 is 4.74 Å². The Morgan fingerprint density at radius 1 is 1.50 bits per heavy atom. The van der Waals surface area contributed by atoms with E-state index in [2.05, 4.69) is 29.3 Å². The van der Waals surface area contributed by atoms with Gasteiger partial charge in [0.1, 0.15) is 0 Å². The number of hydrogen-bond acceptors (Lipinski definition) is 3. The second-order valence-electron chi connectivity index (χ2n) is 3.59. The van der Waals surface area contributed by atoms with E-state index < -0.39 is 0 Å². The van der Waals surface area contributed by atoms with Crippen molar-refractivity contribution in [2.24, 2.45) is 0 Å². The zero-order chi connectivity index (χ0) is 9.80. The summed E-state index contributed by atoms with van der Waals surface area (Å²) in [5, 5.41) is 2.17. The van der Waals surface area contributed by atoms with Gasteiger partial charge in [0.2, 0.25) is 0 Å². The van der Waals surface area contributed by atoms with Crippen LogP contribution in [0.15, 0.2) is 17.5 Å². The predicted molar refractivity (Wildman–Crippen MR) is 59.7 cm³/mol. The van der Waals surface area contributed by atoms with Gasteiger partial charge in [-0.1, -0.05) is 13.0 Å². The molecule has 1 aliphatic rings. The summed E-state index contributed by atoms with van der Waals surface area (Å²) in [7, 11) is 0. The molecular formula is C11H17NOS. The maximum Gasteiger partial charge on any atom is 0.0594 e. The molecule has 1 saturated heterocycles. The molecule has 0 aliphatic carbocycles. The molecule has 0 unspecified atom stereocenters. The Balaban J connectivity index is 2.04. The van der Waals surface area contributed by atoms with Crippen molar-refractivity contribution in [3.8, 4) is 0 Å². The summed E-state index contributed by atoms with van der Waals surface area (Å²) in [6.45, 7) is 6.20. The van der Waals surface area contributed by atoms with Gasteiger partial charge in [0.15, 0.2) is 0 Å². The zero-order valence-corrected chi connectivity index (χ0v) is 9.43. The monoisotopic (exact) mass is 211 g/mol. The molecule has 0 saturated carbocycles. The predicted octanol–water partition coefficient (Wildman–Crippen LogP) is 2.53. The van der Waals surface area contributed by atoms with Gasteiger partial charge in [0, 0.05) is 24.0 Å². The summed E-state index contributed by atoms with van der Waals surface area (Å²) in [5.41, 5.74) is 0. The van der Waals surface area contributed by atoms with E-state index in [1.165, 1.54) is 11.3 Å². The lowest BCUT2D eigenvalue weighted by Gasteiger charge is -2.33. The Bertz CT molecular complexity index is 254. The van der Waals surface area contributed by atoms with Crippen LogP contribution < -0.4 is 0 Å². The van der Waals surface area contributed by atoms with Crippen LogP contribution in [0.3, 0.4) is 0 Å². The molecule has 0 amide bonds. The maximum absolute atomic E-state index is 5.37. The van der Waals surface area contributed by atoms with Crippen LogP contribution in [0.5, 0.6) is 0 Å². The van der Waals surface area contributed by atoms with Crippen LogP contribution in [-0.4, -0.2) is 31.2 Å². The fraction of sp³-hybridized carbons (Fsp3) is 0.636. The van der Waals surface area contributed by atoms with Crippen LogP contribution in [0.4, 0.5) is 0 Å². The van der Waals surface area contributed by atoms with Crippen LogP contribution in [0.1, 0.15) is 24.3 Å². The van der Waals surface area contributed by atoms with Crippen LogP contribution in [0.2, 0.25) is 0 Å². The summed E-state index contributed by atoms with van der Waals surface area (Å²) in [5.74, 6) is 0. The third kappa shape index (κ3) is 2.16. The van der Waals surface area contributed by atoms with Crippen molar-refractivity contribution >= 4 is 11.3 Å². The molecule has 0 aromatic carbocycles. The second kappa shape index (κ2) is 4.91. The molecule has 0 bridgehead atoms. The number of hydrogen-bond donors (Lipinski definition) is 0. The van der Waals surface area contributed by atoms with Crippen molar-refractivity contribution < 1.29 is 4.74 Å². The minimum absolute atomic E-state index is 0.610. The van der Waals surface area contributed by atoms with E-state index in [4.69, 9.17) is 4.74 Å². The quantitative estimate of drug-likeness (QED) is 0.762. The van der Waals surface area contributed by atoms with Crippen LogP contribution in [0, 0.1) is 0 Å². The van der Waals surface area contributed by atoms with E-state index in [-0.39, 0.29) is 0 Å². The minimum Gasteiger partial charge on any atom is -0.379 e. The molecule has 1 fully saturated rings. The van der Waals surface area contributed by atoms with Gasteiger partial charge in [0.25, 0.3) is 0 Å². The Hall–Kier alpha value is -0.380. The highest BCUT2D eigenvalue weighted by molar-refractivity contribution is 7.10. The molecule has 0 N–H and O–H groups in total. The minimum atomic E-state index is 0.610. The third-order valence-electron chi connectivity index (χ3n) is 2.74. The molecule has 1 aromatic rings. The number of morpholine rings is 1. The molecule has 1 atom stereocenters. The van der Waals surface area contributed by atoms with Crippen molar-refractivity contribution in [1.29, 1.82) is 0 Å². The van der Waals surface area contributed by atoms with E-state index >= 15 is 0 Å². The molecule has 0 spiro atoms. The number of ether oxygens (including phenoxy) is 1. The van der Waals surface area contributed by atoms with E-state index in [0.717, 1.165) is 26.3 Å². The Kier molecular flexibility index (Phi) is 3.56. The van der Waals surface area contributed by atoms with Gasteiger partial charge >= 0.3 is 0 Å². The smallest absolute Gasteiger partial charge is 0.0594 e. The zero-order valence-electron chi connectivity index (χ0n) is 8.61. The summed E-state index contributed by atoms with van der Waals surface area (Å²) < 4.78 is 5.37. The number of rotatable bonds is 3. The fourth-order valence-corrected chi connectivity index (χ4v) is 2.95. The molecule has 2 rings (SSSR count). The Morgan fingerprint density at radius 2 is 2.29 bits per heavy atom. The normalized spacial score (nSPS) is 20.9.